The van der Waals surface area contributed by atoms with Crippen LogP contribution in [0.3, 0.4) is 0 Å². The lowest BCUT2D eigenvalue weighted by Crippen LogP contribution is -2.52. The first-order valence-electron chi connectivity index (χ1n) is 6.89. The summed E-state index contributed by atoms with van der Waals surface area (Å²) in [4.78, 5) is 15.0. The van der Waals surface area contributed by atoms with Crippen molar-refractivity contribution in [2.24, 2.45) is 0 Å². The second-order valence-corrected chi connectivity index (χ2v) is 5.47. The van der Waals surface area contributed by atoms with Crippen molar-refractivity contribution in [1.82, 2.24) is 14.7 Å². The van der Waals surface area contributed by atoms with Crippen molar-refractivity contribution < 1.29 is 4.79 Å². The molecule has 0 unspecified atom stereocenters. The summed E-state index contributed by atoms with van der Waals surface area (Å²) in [5, 5.41) is 4.19. The van der Waals surface area contributed by atoms with Gasteiger partial charge in [-0.1, -0.05) is 6.42 Å². The highest BCUT2D eigenvalue weighted by atomic mass is 16.1. The molecule has 1 fully saturated rings. The first kappa shape index (κ1) is 13.3. The van der Waals surface area contributed by atoms with E-state index in [1.165, 1.54) is 19.3 Å². The Morgan fingerprint density at radius 2 is 2.00 bits per heavy atom. The molecule has 1 saturated heterocycles. The number of carbonyl (C=O) groups is 1. The quantitative estimate of drug-likeness (QED) is 0.769. The molecule has 0 N–H and O–H groups in total. The summed E-state index contributed by atoms with van der Waals surface area (Å²) in [5.41, 5.74) is 0.306. The number of hydrogen-bond donors (Lipinski definition) is 0. The van der Waals surface area contributed by atoms with E-state index in [2.05, 4.69) is 10.00 Å². The van der Waals surface area contributed by atoms with Crippen LogP contribution < -0.4 is 0 Å². The molecule has 2 rings (SSSR count). The first-order valence-corrected chi connectivity index (χ1v) is 6.89. The molecule has 1 aromatic heterocycles. The summed E-state index contributed by atoms with van der Waals surface area (Å²) < 4.78 is 1.79. The van der Waals surface area contributed by atoms with Gasteiger partial charge in [0.1, 0.15) is 5.69 Å². The zero-order valence-electron chi connectivity index (χ0n) is 11.6. The van der Waals surface area contributed by atoms with Crippen molar-refractivity contribution in [1.29, 1.82) is 0 Å². The monoisotopic (exact) mass is 249 g/mol. The van der Waals surface area contributed by atoms with Gasteiger partial charge in [0.05, 0.1) is 5.54 Å². The van der Waals surface area contributed by atoms with Gasteiger partial charge in [-0.2, -0.15) is 5.10 Å². The van der Waals surface area contributed by atoms with Crippen molar-refractivity contribution in [3.05, 3.63) is 18.0 Å². The summed E-state index contributed by atoms with van der Waals surface area (Å²) in [6.07, 6.45) is 5.39. The van der Waals surface area contributed by atoms with Crippen LogP contribution >= 0.6 is 0 Å². The molecular formula is C14H23N3O. The number of rotatable bonds is 4. The van der Waals surface area contributed by atoms with Crippen LogP contribution in [0.1, 0.15) is 50.5 Å². The maximum absolute atomic E-state index is 12.7. The van der Waals surface area contributed by atoms with Crippen LogP contribution in [0.4, 0.5) is 0 Å². The van der Waals surface area contributed by atoms with E-state index < -0.39 is 5.54 Å². The number of piperidine rings is 1. The average Bonchev–Trinajstić information content (AvgIpc) is 2.87. The number of hydrogen-bond acceptors (Lipinski definition) is 3. The van der Waals surface area contributed by atoms with Crippen molar-refractivity contribution in [2.45, 2.75) is 52.1 Å². The minimum atomic E-state index is -0.423. The lowest BCUT2D eigenvalue weighted by Gasteiger charge is -2.39. The van der Waals surface area contributed by atoms with Crippen LogP contribution in [-0.4, -0.2) is 39.1 Å². The van der Waals surface area contributed by atoms with E-state index in [9.17, 15) is 4.79 Å². The topological polar surface area (TPSA) is 38.1 Å². The van der Waals surface area contributed by atoms with Crippen LogP contribution in [0.2, 0.25) is 0 Å². The molecule has 0 atom stereocenters. The second-order valence-electron chi connectivity index (χ2n) is 5.47. The molecule has 0 saturated carbocycles. The van der Waals surface area contributed by atoms with Crippen LogP contribution in [0.5, 0.6) is 0 Å². The zero-order chi connectivity index (χ0) is 13.2. The Bertz CT molecular complexity index is 416. The minimum absolute atomic E-state index is 0.184. The normalized spacial score (nSPS) is 17.9. The summed E-state index contributed by atoms with van der Waals surface area (Å²) in [5.74, 6) is 0.184. The number of carbonyl (C=O) groups excluding carboxylic acids is 1. The first-order chi connectivity index (χ1) is 8.57. The molecule has 4 heteroatoms. The van der Waals surface area contributed by atoms with Crippen LogP contribution in [0.15, 0.2) is 12.3 Å². The van der Waals surface area contributed by atoms with Crippen molar-refractivity contribution in [3.63, 3.8) is 0 Å². The van der Waals surface area contributed by atoms with Gasteiger partial charge in [0.2, 0.25) is 0 Å². The Morgan fingerprint density at radius 1 is 1.33 bits per heavy atom. The van der Waals surface area contributed by atoms with Gasteiger partial charge < -0.3 is 0 Å². The molecule has 1 aliphatic rings. The Labute approximate surface area is 109 Å². The molecule has 0 aromatic carbocycles. The van der Waals surface area contributed by atoms with E-state index in [4.69, 9.17) is 0 Å². The smallest absolute Gasteiger partial charge is 0.200 e. The maximum atomic E-state index is 12.7. The molecule has 0 aliphatic carbocycles. The van der Waals surface area contributed by atoms with E-state index in [1.54, 1.807) is 10.9 Å². The van der Waals surface area contributed by atoms with E-state index in [0.29, 0.717) is 0 Å². The molecule has 18 heavy (non-hydrogen) atoms. The molecular weight excluding hydrogens is 226 g/mol. The lowest BCUT2D eigenvalue weighted by atomic mass is 9.92. The molecule has 0 radical (unpaired) electrons. The summed E-state index contributed by atoms with van der Waals surface area (Å²) in [7, 11) is 0. The van der Waals surface area contributed by atoms with Gasteiger partial charge in [0.25, 0.3) is 0 Å². The van der Waals surface area contributed by atoms with Gasteiger partial charge in [0, 0.05) is 12.7 Å². The number of aromatic nitrogens is 2. The van der Waals surface area contributed by atoms with Gasteiger partial charge in [-0.3, -0.25) is 14.4 Å². The average molecular weight is 249 g/mol. The third-order valence-electron chi connectivity index (χ3n) is 3.95. The fraction of sp³-hybridized carbons (Fsp3) is 0.714. The van der Waals surface area contributed by atoms with Crippen molar-refractivity contribution in [2.75, 3.05) is 13.1 Å². The summed E-state index contributed by atoms with van der Waals surface area (Å²) in [6.45, 7) is 8.88. The Hall–Kier alpha value is -1.16. The fourth-order valence-electron chi connectivity index (χ4n) is 2.69. The highest BCUT2D eigenvalue weighted by Gasteiger charge is 2.36. The predicted octanol–water partition coefficient (Wildman–Crippen LogP) is 2.35. The number of Topliss-reactive ketones (excluding diaryl/α,β-unsaturated/α-hetero) is 1. The zero-order valence-corrected chi connectivity index (χ0v) is 11.6. The van der Waals surface area contributed by atoms with Gasteiger partial charge in [0.15, 0.2) is 5.78 Å². The number of likely N-dealkylation sites (tertiary alicyclic amines) is 1. The largest absolute Gasteiger partial charge is 0.291 e. The fourth-order valence-corrected chi connectivity index (χ4v) is 2.69. The highest BCUT2D eigenvalue weighted by Crippen LogP contribution is 2.24. The maximum Gasteiger partial charge on any atom is 0.200 e. The Morgan fingerprint density at radius 3 is 2.61 bits per heavy atom. The molecule has 2 heterocycles. The van der Waals surface area contributed by atoms with Gasteiger partial charge in [-0.15, -0.1) is 0 Å². The molecule has 100 valence electrons. The van der Waals surface area contributed by atoms with Crippen LogP contribution in [0.25, 0.3) is 0 Å². The SMILES string of the molecule is CCn1nccc1C(=O)C(C)(C)N1CCCCC1. The Kier molecular flexibility index (Phi) is 3.85. The van der Waals surface area contributed by atoms with Gasteiger partial charge in [-0.05, 0) is 52.8 Å². The third-order valence-corrected chi connectivity index (χ3v) is 3.95. The lowest BCUT2D eigenvalue weighted by molar-refractivity contribution is 0.0568. The molecule has 0 spiro atoms. The molecule has 0 bridgehead atoms. The van der Waals surface area contributed by atoms with Crippen LogP contribution in [0, 0.1) is 0 Å². The standard InChI is InChI=1S/C14H23N3O/c1-4-17-12(8-9-15-17)13(18)14(2,3)16-10-6-5-7-11-16/h8-9H,4-7,10-11H2,1-3H3. The van der Waals surface area contributed by atoms with E-state index >= 15 is 0 Å². The molecule has 0 amide bonds. The molecule has 4 nitrogen and oxygen atoms in total. The predicted molar refractivity (Wildman–Crippen MR) is 71.7 cm³/mol. The van der Waals surface area contributed by atoms with E-state index in [-0.39, 0.29) is 5.78 Å². The highest BCUT2D eigenvalue weighted by molar-refractivity contribution is 6.01. The van der Waals surface area contributed by atoms with Crippen LogP contribution in [-0.2, 0) is 6.54 Å². The summed E-state index contributed by atoms with van der Waals surface area (Å²) >= 11 is 0. The number of ketones is 1. The Balaban J connectivity index is 2.20. The van der Waals surface area contributed by atoms with Gasteiger partial charge >= 0.3 is 0 Å². The number of nitrogens with zero attached hydrogens (tertiary/aromatic N) is 3. The van der Waals surface area contributed by atoms with Crippen molar-refractivity contribution >= 4 is 5.78 Å². The summed E-state index contributed by atoms with van der Waals surface area (Å²) in [6, 6.07) is 1.83. The third kappa shape index (κ3) is 2.34. The van der Waals surface area contributed by atoms with Crippen molar-refractivity contribution in [3.8, 4) is 0 Å². The van der Waals surface area contributed by atoms with E-state index in [0.717, 1.165) is 25.3 Å². The minimum Gasteiger partial charge on any atom is -0.291 e. The van der Waals surface area contributed by atoms with Gasteiger partial charge in [-0.25, -0.2) is 0 Å². The second kappa shape index (κ2) is 5.22. The number of aryl methyl sites for hydroxylation is 1. The van der Waals surface area contributed by atoms with E-state index in [1.807, 2.05) is 26.8 Å². The molecule has 1 aromatic rings. The molecule has 1 aliphatic heterocycles.